The SMILES string of the molecule is COC(=O)CC#Cc1cc(C)c(N)c(Cl)c1. The fourth-order valence-corrected chi connectivity index (χ4v) is 1.38. The molecule has 0 saturated heterocycles. The van der Waals surface area contributed by atoms with Crippen molar-refractivity contribution >= 4 is 23.3 Å². The minimum Gasteiger partial charge on any atom is -0.468 e. The summed E-state index contributed by atoms with van der Waals surface area (Å²) in [7, 11) is 1.33. The Morgan fingerprint density at radius 3 is 2.81 bits per heavy atom. The molecule has 16 heavy (non-hydrogen) atoms. The highest BCUT2D eigenvalue weighted by molar-refractivity contribution is 6.33. The van der Waals surface area contributed by atoms with Crippen molar-refractivity contribution in [3.05, 3.63) is 28.3 Å². The topological polar surface area (TPSA) is 52.3 Å². The number of nitrogen functional groups attached to an aromatic ring is 1. The van der Waals surface area contributed by atoms with Crippen LogP contribution in [-0.2, 0) is 9.53 Å². The quantitative estimate of drug-likeness (QED) is 0.463. The molecule has 0 spiro atoms. The smallest absolute Gasteiger partial charge is 0.317 e. The maximum absolute atomic E-state index is 10.8. The Balaban J connectivity index is 2.86. The van der Waals surface area contributed by atoms with Crippen molar-refractivity contribution in [3.63, 3.8) is 0 Å². The molecular formula is C12H12ClNO2. The van der Waals surface area contributed by atoms with Crippen molar-refractivity contribution in [1.29, 1.82) is 0 Å². The number of hydrogen-bond acceptors (Lipinski definition) is 3. The molecular weight excluding hydrogens is 226 g/mol. The molecule has 3 nitrogen and oxygen atoms in total. The van der Waals surface area contributed by atoms with Crippen LogP contribution in [0.2, 0.25) is 5.02 Å². The molecule has 0 atom stereocenters. The summed E-state index contributed by atoms with van der Waals surface area (Å²) >= 11 is 5.90. The van der Waals surface area contributed by atoms with Crippen LogP contribution >= 0.6 is 11.6 Å². The zero-order valence-electron chi connectivity index (χ0n) is 9.13. The Hall–Kier alpha value is -1.66. The summed E-state index contributed by atoms with van der Waals surface area (Å²) in [6, 6.07) is 3.50. The van der Waals surface area contributed by atoms with Crippen molar-refractivity contribution < 1.29 is 9.53 Å². The van der Waals surface area contributed by atoms with Crippen molar-refractivity contribution in [2.24, 2.45) is 0 Å². The van der Waals surface area contributed by atoms with Crippen LogP contribution < -0.4 is 5.73 Å². The van der Waals surface area contributed by atoms with Gasteiger partial charge in [-0.15, -0.1) is 0 Å². The van der Waals surface area contributed by atoms with Gasteiger partial charge in [0, 0.05) is 5.56 Å². The molecule has 0 aliphatic carbocycles. The molecule has 0 unspecified atom stereocenters. The predicted molar refractivity (Wildman–Crippen MR) is 64.1 cm³/mol. The molecule has 0 fully saturated rings. The van der Waals surface area contributed by atoms with Gasteiger partial charge < -0.3 is 10.5 Å². The van der Waals surface area contributed by atoms with E-state index in [1.54, 1.807) is 6.07 Å². The third-order valence-electron chi connectivity index (χ3n) is 2.03. The number of hydrogen-bond donors (Lipinski definition) is 1. The number of aryl methyl sites for hydroxylation is 1. The number of esters is 1. The van der Waals surface area contributed by atoms with E-state index in [1.165, 1.54) is 7.11 Å². The third-order valence-corrected chi connectivity index (χ3v) is 2.34. The van der Waals surface area contributed by atoms with Crippen LogP contribution in [0.25, 0.3) is 0 Å². The first kappa shape index (κ1) is 12.4. The minimum absolute atomic E-state index is 0.0670. The lowest BCUT2D eigenvalue weighted by molar-refractivity contribution is -0.139. The van der Waals surface area contributed by atoms with Crippen molar-refractivity contribution in [2.45, 2.75) is 13.3 Å². The van der Waals surface area contributed by atoms with E-state index in [9.17, 15) is 4.79 Å². The standard InChI is InChI=1S/C12H12ClNO2/c1-8-6-9(7-10(13)12(8)14)4-3-5-11(15)16-2/h6-7H,5,14H2,1-2H3. The number of anilines is 1. The molecule has 2 N–H and O–H groups in total. The Kier molecular flexibility index (Phi) is 4.21. The summed E-state index contributed by atoms with van der Waals surface area (Å²) in [6.45, 7) is 1.85. The first-order valence-corrected chi connectivity index (χ1v) is 5.03. The van der Waals surface area contributed by atoms with Gasteiger partial charge in [-0.25, -0.2) is 0 Å². The maximum atomic E-state index is 10.8. The van der Waals surface area contributed by atoms with Gasteiger partial charge in [0.2, 0.25) is 0 Å². The Morgan fingerprint density at radius 2 is 2.25 bits per heavy atom. The maximum Gasteiger partial charge on any atom is 0.317 e. The molecule has 84 valence electrons. The zero-order valence-corrected chi connectivity index (χ0v) is 9.89. The highest BCUT2D eigenvalue weighted by Gasteiger charge is 2.01. The number of carbonyl (C=O) groups excluding carboxylic acids is 1. The molecule has 0 aliphatic rings. The van der Waals surface area contributed by atoms with E-state index in [0.29, 0.717) is 10.7 Å². The molecule has 0 amide bonds. The van der Waals surface area contributed by atoms with Crippen LogP contribution in [0.1, 0.15) is 17.5 Å². The summed E-state index contributed by atoms with van der Waals surface area (Å²) in [4.78, 5) is 10.8. The third kappa shape index (κ3) is 3.18. The van der Waals surface area contributed by atoms with Crippen LogP contribution in [0, 0.1) is 18.8 Å². The average Bonchev–Trinajstić information content (AvgIpc) is 2.25. The molecule has 0 bridgehead atoms. The molecule has 1 rings (SSSR count). The molecule has 1 aromatic rings. The first-order chi connectivity index (χ1) is 7.54. The summed E-state index contributed by atoms with van der Waals surface area (Å²) in [5.74, 6) is 5.17. The van der Waals surface area contributed by atoms with Crippen LogP contribution in [0.3, 0.4) is 0 Å². The molecule has 0 heterocycles. The number of methoxy groups -OCH3 is 1. The largest absolute Gasteiger partial charge is 0.468 e. The number of halogens is 1. The highest BCUT2D eigenvalue weighted by Crippen LogP contribution is 2.23. The summed E-state index contributed by atoms with van der Waals surface area (Å²) in [6.07, 6.45) is 0.0670. The fraction of sp³-hybridized carbons (Fsp3) is 0.250. The average molecular weight is 238 g/mol. The fourth-order valence-electron chi connectivity index (χ4n) is 1.12. The monoisotopic (exact) mass is 237 g/mol. The van der Waals surface area contributed by atoms with Gasteiger partial charge in [0.1, 0.15) is 6.42 Å². The molecule has 0 aliphatic heterocycles. The van der Waals surface area contributed by atoms with Gasteiger partial charge in [0.05, 0.1) is 17.8 Å². The number of nitrogens with two attached hydrogens (primary N) is 1. The van der Waals surface area contributed by atoms with E-state index >= 15 is 0 Å². The normalized spacial score (nSPS) is 9.19. The van der Waals surface area contributed by atoms with E-state index < -0.39 is 0 Å². The van der Waals surface area contributed by atoms with Gasteiger partial charge in [-0.3, -0.25) is 4.79 Å². The second-order valence-corrected chi connectivity index (χ2v) is 3.65. The van der Waals surface area contributed by atoms with Gasteiger partial charge in [-0.05, 0) is 24.6 Å². The number of rotatable bonds is 1. The number of carbonyl (C=O) groups is 1. The van der Waals surface area contributed by atoms with Gasteiger partial charge in [-0.2, -0.15) is 0 Å². The second kappa shape index (κ2) is 5.43. The zero-order chi connectivity index (χ0) is 12.1. The Labute approximate surface area is 99.5 Å². The minimum atomic E-state index is -0.356. The molecule has 4 heteroatoms. The molecule has 0 aromatic heterocycles. The number of ether oxygens (including phenoxy) is 1. The van der Waals surface area contributed by atoms with E-state index in [4.69, 9.17) is 17.3 Å². The van der Waals surface area contributed by atoms with Gasteiger partial charge in [0.25, 0.3) is 0 Å². The second-order valence-electron chi connectivity index (χ2n) is 3.24. The van der Waals surface area contributed by atoms with Gasteiger partial charge in [-0.1, -0.05) is 23.4 Å². The molecule has 0 radical (unpaired) electrons. The first-order valence-electron chi connectivity index (χ1n) is 4.66. The van der Waals surface area contributed by atoms with E-state index in [-0.39, 0.29) is 12.4 Å². The van der Waals surface area contributed by atoms with Crippen molar-refractivity contribution in [2.75, 3.05) is 12.8 Å². The lowest BCUT2D eigenvalue weighted by Crippen LogP contribution is -1.97. The Bertz CT molecular complexity index is 449. The van der Waals surface area contributed by atoms with Crippen LogP contribution in [0.15, 0.2) is 12.1 Å². The lowest BCUT2D eigenvalue weighted by atomic mass is 10.1. The Morgan fingerprint density at radius 1 is 1.56 bits per heavy atom. The summed E-state index contributed by atoms with van der Waals surface area (Å²) in [5, 5.41) is 0.474. The van der Waals surface area contributed by atoms with E-state index in [2.05, 4.69) is 16.6 Å². The molecule has 1 aromatic carbocycles. The van der Waals surface area contributed by atoms with Crippen LogP contribution in [0.4, 0.5) is 5.69 Å². The van der Waals surface area contributed by atoms with Crippen LogP contribution in [-0.4, -0.2) is 13.1 Å². The highest BCUT2D eigenvalue weighted by atomic mass is 35.5. The summed E-state index contributed by atoms with van der Waals surface area (Å²) in [5.41, 5.74) is 7.86. The van der Waals surface area contributed by atoms with Gasteiger partial charge in [0.15, 0.2) is 0 Å². The van der Waals surface area contributed by atoms with E-state index in [1.807, 2.05) is 13.0 Å². The van der Waals surface area contributed by atoms with Crippen LogP contribution in [0.5, 0.6) is 0 Å². The van der Waals surface area contributed by atoms with Crippen molar-refractivity contribution in [3.8, 4) is 11.8 Å². The lowest BCUT2D eigenvalue weighted by Gasteiger charge is -2.02. The van der Waals surface area contributed by atoms with E-state index in [0.717, 1.165) is 11.1 Å². The number of benzene rings is 1. The predicted octanol–water partition coefficient (Wildman–Crippen LogP) is 2.15. The summed E-state index contributed by atoms with van der Waals surface area (Å²) < 4.78 is 4.47. The molecule has 0 saturated carbocycles. The van der Waals surface area contributed by atoms with Gasteiger partial charge >= 0.3 is 5.97 Å². The van der Waals surface area contributed by atoms with Crippen molar-refractivity contribution in [1.82, 2.24) is 0 Å².